The highest BCUT2D eigenvalue weighted by Crippen LogP contribution is 2.37. The summed E-state index contributed by atoms with van der Waals surface area (Å²) in [5.41, 5.74) is 2.04. The number of hydrogen-bond donors (Lipinski definition) is 3. The van der Waals surface area contributed by atoms with Crippen LogP contribution in [0.2, 0.25) is 0 Å². The Morgan fingerprint density at radius 3 is 2.29 bits per heavy atom. The number of carbonyl (C=O) groups excluding carboxylic acids is 2. The van der Waals surface area contributed by atoms with Gasteiger partial charge in [-0.15, -0.1) is 11.8 Å². The molecule has 176 valence electrons. The number of carboxylic acid groups (broad SMARTS) is 1. The zero-order chi connectivity index (χ0) is 24.3. The molecule has 3 rings (SSSR count). The number of anilines is 2. The van der Waals surface area contributed by atoms with Crippen molar-refractivity contribution in [3.63, 3.8) is 0 Å². The molecule has 3 aromatic carbocycles. The Kier molecular flexibility index (Phi) is 9.11. The van der Waals surface area contributed by atoms with Gasteiger partial charge in [0.15, 0.2) is 0 Å². The third kappa shape index (κ3) is 7.67. The summed E-state index contributed by atoms with van der Waals surface area (Å²) >= 11 is 1.36. The van der Waals surface area contributed by atoms with Crippen molar-refractivity contribution in [2.45, 2.75) is 29.9 Å². The quantitative estimate of drug-likeness (QED) is 0.321. The molecule has 3 aromatic rings. The van der Waals surface area contributed by atoms with Crippen LogP contribution in [0.4, 0.5) is 11.4 Å². The molecule has 1 atom stereocenters. The molecule has 0 bridgehead atoms. The van der Waals surface area contributed by atoms with E-state index >= 15 is 0 Å². The van der Waals surface area contributed by atoms with E-state index in [9.17, 15) is 14.4 Å². The van der Waals surface area contributed by atoms with Crippen LogP contribution in [0.15, 0.2) is 83.8 Å². The Balaban J connectivity index is 1.75. The maximum atomic E-state index is 13.3. The van der Waals surface area contributed by atoms with Gasteiger partial charge >= 0.3 is 5.97 Å². The van der Waals surface area contributed by atoms with Crippen molar-refractivity contribution in [1.29, 1.82) is 0 Å². The fourth-order valence-electron chi connectivity index (χ4n) is 3.14. The average Bonchev–Trinajstić information content (AvgIpc) is 2.83. The molecule has 8 heteroatoms. The summed E-state index contributed by atoms with van der Waals surface area (Å²) in [6.07, 6.45) is -0.341. The van der Waals surface area contributed by atoms with Crippen molar-refractivity contribution in [2.24, 2.45) is 0 Å². The van der Waals surface area contributed by atoms with E-state index in [4.69, 9.17) is 9.84 Å². The van der Waals surface area contributed by atoms with Crippen molar-refractivity contribution in [1.82, 2.24) is 0 Å². The molecule has 7 nitrogen and oxygen atoms in total. The number of carboxylic acids is 1. The number of benzene rings is 3. The Morgan fingerprint density at radius 1 is 0.882 bits per heavy atom. The lowest BCUT2D eigenvalue weighted by Gasteiger charge is -2.18. The first-order chi connectivity index (χ1) is 16.4. The molecule has 0 aromatic heterocycles. The van der Waals surface area contributed by atoms with Crippen LogP contribution in [0.25, 0.3) is 0 Å². The maximum absolute atomic E-state index is 13.3. The fraction of sp³-hybridized carbons (Fsp3) is 0.192. The predicted octanol–water partition coefficient (Wildman–Crippen LogP) is 5.36. The fourth-order valence-corrected chi connectivity index (χ4v) is 4.22. The predicted molar refractivity (Wildman–Crippen MR) is 133 cm³/mol. The van der Waals surface area contributed by atoms with Crippen LogP contribution in [-0.4, -0.2) is 29.5 Å². The van der Waals surface area contributed by atoms with Gasteiger partial charge in [0.05, 0.1) is 13.0 Å². The summed E-state index contributed by atoms with van der Waals surface area (Å²) in [4.78, 5) is 36.7. The molecule has 0 aliphatic heterocycles. The number of nitrogens with one attached hydrogen (secondary N) is 2. The summed E-state index contributed by atoms with van der Waals surface area (Å²) in [6, 6.07) is 23.8. The van der Waals surface area contributed by atoms with E-state index < -0.39 is 11.2 Å². The molecule has 0 saturated carbocycles. The van der Waals surface area contributed by atoms with E-state index in [0.717, 1.165) is 16.2 Å². The van der Waals surface area contributed by atoms with Gasteiger partial charge in [-0.05, 0) is 55.0 Å². The highest BCUT2D eigenvalue weighted by molar-refractivity contribution is 8.00. The van der Waals surface area contributed by atoms with E-state index in [1.165, 1.54) is 11.8 Å². The van der Waals surface area contributed by atoms with Gasteiger partial charge in [-0.25, -0.2) is 0 Å². The van der Waals surface area contributed by atoms with E-state index in [1.807, 2.05) is 43.3 Å². The van der Waals surface area contributed by atoms with Crippen LogP contribution < -0.4 is 15.4 Å². The van der Waals surface area contributed by atoms with Crippen LogP contribution in [0.1, 0.15) is 30.6 Å². The molecule has 0 aliphatic rings. The zero-order valence-electron chi connectivity index (χ0n) is 18.7. The first kappa shape index (κ1) is 24.9. The van der Waals surface area contributed by atoms with Crippen LogP contribution in [0, 0.1) is 0 Å². The van der Waals surface area contributed by atoms with Gasteiger partial charge < -0.3 is 20.5 Å². The van der Waals surface area contributed by atoms with Gasteiger partial charge in [-0.2, -0.15) is 0 Å². The molecule has 0 heterocycles. The Labute approximate surface area is 202 Å². The Hall–Kier alpha value is -3.78. The Morgan fingerprint density at radius 2 is 1.62 bits per heavy atom. The number of rotatable bonds is 11. The summed E-state index contributed by atoms with van der Waals surface area (Å²) < 4.78 is 5.45. The van der Waals surface area contributed by atoms with Gasteiger partial charge in [0.1, 0.15) is 11.0 Å². The van der Waals surface area contributed by atoms with Crippen molar-refractivity contribution in [3.8, 4) is 5.75 Å². The van der Waals surface area contributed by atoms with Gasteiger partial charge in [0.2, 0.25) is 11.8 Å². The molecular formula is C26H26N2O5S. The molecule has 1 unspecified atom stereocenters. The number of aliphatic carboxylic acids is 1. The number of hydrogen-bond acceptors (Lipinski definition) is 5. The van der Waals surface area contributed by atoms with E-state index in [-0.39, 0.29) is 24.7 Å². The lowest BCUT2D eigenvalue weighted by atomic mass is 10.1. The lowest BCUT2D eigenvalue weighted by Crippen LogP contribution is -2.19. The highest BCUT2D eigenvalue weighted by Gasteiger charge is 2.22. The summed E-state index contributed by atoms with van der Waals surface area (Å²) in [7, 11) is 0. The number of thioether (sulfide) groups is 1. The second kappa shape index (κ2) is 12.5. The third-order valence-electron chi connectivity index (χ3n) is 4.71. The average molecular weight is 479 g/mol. The van der Waals surface area contributed by atoms with Crippen LogP contribution in [0.3, 0.4) is 0 Å². The minimum Gasteiger partial charge on any atom is -0.494 e. The van der Waals surface area contributed by atoms with Crippen molar-refractivity contribution in [3.05, 3.63) is 84.4 Å². The first-order valence-corrected chi connectivity index (χ1v) is 11.7. The van der Waals surface area contributed by atoms with Gasteiger partial charge in [0, 0.05) is 22.7 Å². The summed E-state index contributed by atoms with van der Waals surface area (Å²) in [6.45, 7) is 2.48. The topological polar surface area (TPSA) is 105 Å². The van der Waals surface area contributed by atoms with Crippen LogP contribution >= 0.6 is 11.8 Å². The smallest absolute Gasteiger partial charge is 0.303 e. The molecule has 0 radical (unpaired) electrons. The normalized spacial score (nSPS) is 11.3. The second-order valence-corrected chi connectivity index (χ2v) is 8.50. The van der Waals surface area contributed by atoms with Crippen molar-refractivity contribution in [2.75, 3.05) is 17.2 Å². The first-order valence-electron chi connectivity index (χ1n) is 10.8. The summed E-state index contributed by atoms with van der Waals surface area (Å²) in [5.74, 6) is -0.853. The minimum absolute atomic E-state index is 0.107. The third-order valence-corrected chi connectivity index (χ3v) is 5.96. The van der Waals surface area contributed by atoms with Crippen molar-refractivity contribution >= 4 is 40.9 Å². The van der Waals surface area contributed by atoms with E-state index in [0.29, 0.717) is 18.0 Å². The molecule has 3 N–H and O–H groups in total. The second-order valence-electron chi connectivity index (χ2n) is 7.32. The minimum atomic E-state index is -1.02. The monoisotopic (exact) mass is 478 g/mol. The van der Waals surface area contributed by atoms with Gasteiger partial charge in [-0.3, -0.25) is 14.4 Å². The summed E-state index contributed by atoms with van der Waals surface area (Å²) in [5, 5.41) is 13.9. The molecule has 34 heavy (non-hydrogen) atoms. The van der Waals surface area contributed by atoms with E-state index in [2.05, 4.69) is 10.6 Å². The van der Waals surface area contributed by atoms with Crippen LogP contribution in [0.5, 0.6) is 5.75 Å². The molecule has 0 saturated heterocycles. The standard InChI is InChI=1S/C26H26N2O5S/c1-2-33-21-13-11-19(12-14-21)28-26(32)25(18-7-4-3-5-8-18)34-22-10-6-9-20(17-22)27-23(29)15-16-24(30)31/h3-14,17,25H,2,15-16H2,1H3,(H,27,29)(H,28,32)(H,30,31). The molecular weight excluding hydrogens is 452 g/mol. The Bertz CT molecular complexity index is 1120. The molecule has 0 aliphatic carbocycles. The molecule has 0 fully saturated rings. The van der Waals surface area contributed by atoms with E-state index in [1.54, 1.807) is 42.5 Å². The molecule has 0 spiro atoms. The maximum Gasteiger partial charge on any atom is 0.303 e. The largest absolute Gasteiger partial charge is 0.494 e. The number of carbonyl (C=O) groups is 3. The van der Waals surface area contributed by atoms with Gasteiger partial charge in [-0.1, -0.05) is 36.4 Å². The van der Waals surface area contributed by atoms with Crippen LogP contribution in [-0.2, 0) is 14.4 Å². The SMILES string of the molecule is CCOc1ccc(NC(=O)C(Sc2cccc(NC(=O)CCC(=O)O)c2)c2ccccc2)cc1. The van der Waals surface area contributed by atoms with Crippen molar-refractivity contribution < 1.29 is 24.2 Å². The zero-order valence-corrected chi connectivity index (χ0v) is 19.5. The number of ether oxygens (including phenoxy) is 1. The van der Waals surface area contributed by atoms with Gasteiger partial charge in [0.25, 0.3) is 0 Å². The lowest BCUT2D eigenvalue weighted by molar-refractivity contribution is -0.138. The highest BCUT2D eigenvalue weighted by atomic mass is 32.2. The number of amides is 2. The molecule has 2 amide bonds.